The molecular weight excluding hydrogens is 376 g/mol. The van der Waals surface area contributed by atoms with Crippen LogP contribution in [0.25, 0.3) is 11.1 Å². The quantitative estimate of drug-likeness (QED) is 0.418. The summed E-state index contributed by atoms with van der Waals surface area (Å²) in [5.74, 6) is 1.78. The zero-order chi connectivity index (χ0) is 20.1. The predicted molar refractivity (Wildman–Crippen MR) is 116 cm³/mol. The minimum atomic E-state index is 0.694. The topological polar surface area (TPSA) is 54.5 Å². The van der Waals surface area contributed by atoms with E-state index in [9.17, 15) is 5.26 Å². The van der Waals surface area contributed by atoms with E-state index in [4.69, 9.17) is 0 Å². The zero-order valence-electron chi connectivity index (χ0n) is 16.1. The zero-order valence-corrected chi connectivity index (χ0v) is 16.9. The van der Waals surface area contributed by atoms with Crippen LogP contribution in [0.3, 0.4) is 0 Å². The van der Waals surface area contributed by atoms with E-state index in [2.05, 4.69) is 57.2 Å². The third kappa shape index (κ3) is 4.39. The van der Waals surface area contributed by atoms with E-state index in [1.165, 1.54) is 11.1 Å². The van der Waals surface area contributed by atoms with Crippen molar-refractivity contribution in [3.8, 4) is 17.2 Å². The van der Waals surface area contributed by atoms with Crippen molar-refractivity contribution < 1.29 is 0 Å². The highest BCUT2D eigenvalue weighted by Gasteiger charge is 2.10. The molecule has 0 aliphatic heterocycles. The summed E-state index contributed by atoms with van der Waals surface area (Å²) in [6, 6.07) is 28.6. The first-order chi connectivity index (χ1) is 14.2. The average molecular weight is 397 g/mol. The van der Waals surface area contributed by atoms with Crippen LogP contribution in [-0.4, -0.2) is 14.8 Å². The van der Waals surface area contributed by atoms with E-state index in [0.29, 0.717) is 5.56 Å². The second-order valence-corrected chi connectivity index (χ2v) is 7.71. The highest BCUT2D eigenvalue weighted by atomic mass is 32.2. The van der Waals surface area contributed by atoms with Gasteiger partial charge in [-0.2, -0.15) is 5.26 Å². The molecule has 1 heterocycles. The lowest BCUT2D eigenvalue weighted by Crippen LogP contribution is -2.00. The number of nitrogens with zero attached hydrogens (tertiary/aromatic N) is 4. The van der Waals surface area contributed by atoms with Gasteiger partial charge in [-0.05, 0) is 28.3 Å². The number of nitriles is 1. The summed E-state index contributed by atoms with van der Waals surface area (Å²) in [5, 5.41) is 18.9. The van der Waals surface area contributed by atoms with E-state index < -0.39 is 0 Å². The Morgan fingerprint density at radius 1 is 0.862 bits per heavy atom. The molecule has 4 aromatic rings. The molecule has 3 aromatic carbocycles. The van der Waals surface area contributed by atoms with Crippen LogP contribution in [0.15, 0.2) is 84.0 Å². The van der Waals surface area contributed by atoms with E-state index in [1.807, 2.05) is 49.5 Å². The number of thioether (sulfide) groups is 1. The predicted octanol–water partition coefficient (Wildman–Crippen LogP) is 5.24. The Labute approximate surface area is 174 Å². The Morgan fingerprint density at radius 2 is 1.59 bits per heavy atom. The molecule has 0 radical (unpaired) electrons. The molecular formula is C24H20N4S. The summed E-state index contributed by atoms with van der Waals surface area (Å²) in [7, 11) is 2.02. The maximum Gasteiger partial charge on any atom is 0.191 e. The summed E-state index contributed by atoms with van der Waals surface area (Å²) in [6.45, 7) is 0. The van der Waals surface area contributed by atoms with Gasteiger partial charge in [0, 0.05) is 19.2 Å². The second-order valence-electron chi connectivity index (χ2n) is 6.76. The molecule has 1 aromatic heterocycles. The summed E-state index contributed by atoms with van der Waals surface area (Å²) in [5.41, 5.74) is 5.15. The van der Waals surface area contributed by atoms with Gasteiger partial charge in [-0.25, -0.2) is 0 Å². The van der Waals surface area contributed by atoms with Gasteiger partial charge >= 0.3 is 0 Å². The van der Waals surface area contributed by atoms with Gasteiger partial charge in [0.25, 0.3) is 0 Å². The largest absolute Gasteiger partial charge is 0.309 e. The number of hydrogen-bond donors (Lipinski definition) is 0. The summed E-state index contributed by atoms with van der Waals surface area (Å²) in [6.07, 6.45) is 0.776. The maximum atomic E-state index is 9.30. The number of hydrogen-bond acceptors (Lipinski definition) is 4. The van der Waals surface area contributed by atoms with Gasteiger partial charge < -0.3 is 4.57 Å². The summed E-state index contributed by atoms with van der Waals surface area (Å²) >= 11 is 1.68. The molecule has 0 aliphatic carbocycles. The average Bonchev–Trinajstić information content (AvgIpc) is 3.12. The summed E-state index contributed by atoms with van der Waals surface area (Å²) < 4.78 is 2.06. The van der Waals surface area contributed by atoms with Crippen molar-refractivity contribution in [2.45, 2.75) is 17.3 Å². The van der Waals surface area contributed by atoms with E-state index in [0.717, 1.165) is 34.3 Å². The highest BCUT2D eigenvalue weighted by Crippen LogP contribution is 2.26. The van der Waals surface area contributed by atoms with Crippen LogP contribution in [0.4, 0.5) is 0 Å². The van der Waals surface area contributed by atoms with Crippen LogP contribution in [0.1, 0.15) is 22.5 Å². The first kappa shape index (κ1) is 19.0. The van der Waals surface area contributed by atoms with Gasteiger partial charge in [0.2, 0.25) is 0 Å². The van der Waals surface area contributed by atoms with Gasteiger partial charge in [0.15, 0.2) is 5.16 Å². The van der Waals surface area contributed by atoms with Crippen LogP contribution in [0, 0.1) is 11.3 Å². The van der Waals surface area contributed by atoms with Crippen molar-refractivity contribution >= 4 is 11.8 Å². The Morgan fingerprint density at radius 3 is 2.34 bits per heavy atom. The number of rotatable bonds is 6. The minimum absolute atomic E-state index is 0.694. The number of benzene rings is 3. The number of aromatic nitrogens is 3. The van der Waals surface area contributed by atoms with Gasteiger partial charge in [-0.15, -0.1) is 10.2 Å². The van der Waals surface area contributed by atoms with E-state index >= 15 is 0 Å². The molecule has 0 aliphatic rings. The van der Waals surface area contributed by atoms with Crippen LogP contribution < -0.4 is 0 Å². The fraction of sp³-hybridized carbons (Fsp3) is 0.125. The minimum Gasteiger partial charge on any atom is -0.309 e. The molecule has 0 atom stereocenters. The van der Waals surface area contributed by atoms with Crippen molar-refractivity contribution in [2.75, 3.05) is 0 Å². The molecule has 0 amide bonds. The van der Waals surface area contributed by atoms with Gasteiger partial charge in [0.05, 0.1) is 11.6 Å². The van der Waals surface area contributed by atoms with Crippen molar-refractivity contribution in [2.24, 2.45) is 7.05 Å². The lowest BCUT2D eigenvalue weighted by molar-refractivity contribution is 0.749. The molecule has 0 N–H and O–H groups in total. The van der Waals surface area contributed by atoms with Crippen molar-refractivity contribution in [1.82, 2.24) is 14.8 Å². The first-order valence-electron chi connectivity index (χ1n) is 9.38. The molecule has 142 valence electrons. The molecule has 5 heteroatoms. The van der Waals surface area contributed by atoms with Crippen LogP contribution in [0.5, 0.6) is 0 Å². The fourth-order valence-electron chi connectivity index (χ4n) is 3.16. The molecule has 0 spiro atoms. The normalized spacial score (nSPS) is 10.6. The molecule has 4 rings (SSSR count). The monoisotopic (exact) mass is 396 g/mol. The van der Waals surface area contributed by atoms with Gasteiger partial charge in [-0.1, -0.05) is 84.6 Å². The SMILES string of the molecule is Cn1c(Cc2ccccc2)nnc1SCc1ccc(-c2ccccc2C#N)cc1. The molecule has 4 nitrogen and oxygen atoms in total. The molecule has 0 unspecified atom stereocenters. The Bertz CT molecular complexity index is 1140. The Balaban J connectivity index is 1.43. The third-order valence-corrected chi connectivity index (χ3v) is 5.90. The molecule has 29 heavy (non-hydrogen) atoms. The fourth-order valence-corrected chi connectivity index (χ4v) is 4.05. The molecule has 0 fully saturated rings. The lowest BCUT2D eigenvalue weighted by Gasteiger charge is -2.07. The van der Waals surface area contributed by atoms with Crippen molar-refractivity contribution in [3.05, 3.63) is 101 Å². The smallest absolute Gasteiger partial charge is 0.191 e. The van der Waals surface area contributed by atoms with E-state index in [1.54, 1.807) is 11.8 Å². The Hall–Kier alpha value is -3.36. The molecule has 0 saturated heterocycles. The highest BCUT2D eigenvalue weighted by molar-refractivity contribution is 7.98. The van der Waals surface area contributed by atoms with Crippen molar-refractivity contribution in [3.63, 3.8) is 0 Å². The Kier molecular flexibility index (Phi) is 5.73. The van der Waals surface area contributed by atoms with Crippen LogP contribution in [-0.2, 0) is 19.2 Å². The lowest BCUT2D eigenvalue weighted by atomic mass is 10.00. The van der Waals surface area contributed by atoms with Crippen LogP contribution >= 0.6 is 11.8 Å². The van der Waals surface area contributed by atoms with E-state index in [-0.39, 0.29) is 0 Å². The standard InChI is InChI=1S/C24H20N4S/c1-28-23(15-18-7-3-2-4-8-18)26-27-24(28)29-17-19-11-13-20(14-12-19)22-10-6-5-9-21(22)16-25/h2-14H,15,17H2,1H3. The van der Waals surface area contributed by atoms with Gasteiger partial charge in [0.1, 0.15) is 5.82 Å². The van der Waals surface area contributed by atoms with Crippen LogP contribution in [0.2, 0.25) is 0 Å². The van der Waals surface area contributed by atoms with Gasteiger partial charge in [-0.3, -0.25) is 0 Å². The molecule has 0 bridgehead atoms. The first-order valence-corrected chi connectivity index (χ1v) is 10.4. The molecule has 0 saturated carbocycles. The third-order valence-electron chi connectivity index (χ3n) is 4.81. The second kappa shape index (κ2) is 8.76. The summed E-state index contributed by atoms with van der Waals surface area (Å²) in [4.78, 5) is 0. The maximum absolute atomic E-state index is 9.30. The van der Waals surface area contributed by atoms with Crippen molar-refractivity contribution in [1.29, 1.82) is 5.26 Å².